The molecule has 2 atom stereocenters. The molecule has 3 aromatic carbocycles. The van der Waals surface area contributed by atoms with E-state index in [-0.39, 0.29) is 28.8 Å². The van der Waals surface area contributed by atoms with Gasteiger partial charge in [-0.3, -0.25) is 9.69 Å². The fourth-order valence-corrected chi connectivity index (χ4v) is 6.61. The van der Waals surface area contributed by atoms with Gasteiger partial charge in [-0.05, 0) is 48.4 Å². The summed E-state index contributed by atoms with van der Waals surface area (Å²) in [5, 5.41) is 1.04. The van der Waals surface area contributed by atoms with E-state index in [4.69, 9.17) is 4.98 Å². The molecule has 196 valence electrons. The predicted octanol–water partition coefficient (Wildman–Crippen LogP) is 4.93. The number of carbonyl (C=O) groups is 1. The molecule has 1 aromatic heterocycles. The maximum absolute atomic E-state index is 14.3. The number of aromatic nitrogens is 2. The number of aromatic amines is 1. The highest BCUT2D eigenvalue weighted by atomic mass is 32.2. The first-order valence-corrected chi connectivity index (χ1v) is 13.8. The maximum Gasteiger partial charge on any atom is 0.240 e. The highest BCUT2D eigenvalue weighted by molar-refractivity contribution is 7.99. The minimum atomic E-state index is -0.276. The van der Waals surface area contributed by atoms with Crippen LogP contribution in [-0.4, -0.2) is 69.7 Å². The number of halogens is 2. The largest absolute Gasteiger partial charge is 0.366 e. The molecule has 1 N–H and O–H groups in total. The number of piperazine rings is 1. The standard InChI is InChI=1S/C29H29F2N5OS/c30-21-11-9-20(10-12-21)18-36-19-22(38-29-32-24-6-2-3-7-25(24)33-29)17-27(36)28(37)35-15-13-34(14-16-35)26-8-4-1-5-23(26)31/h1-12,22,27H,13-19H2,(H,32,33)/t22-,27+/m1/s1. The number of carbonyl (C=O) groups excluding carboxylic acids is 1. The molecule has 0 aliphatic carbocycles. The van der Waals surface area contributed by atoms with E-state index in [1.54, 1.807) is 36.0 Å². The minimum Gasteiger partial charge on any atom is -0.366 e. The topological polar surface area (TPSA) is 55.5 Å². The van der Waals surface area contributed by atoms with Crippen molar-refractivity contribution >= 4 is 34.4 Å². The SMILES string of the molecule is O=C([C@@H]1C[C@@H](Sc2nc3ccccc3[nH]2)CN1Cc1ccc(F)cc1)N1CCN(c2ccccc2F)CC1. The molecule has 0 unspecified atom stereocenters. The number of hydrogen-bond acceptors (Lipinski definition) is 5. The Morgan fingerprint density at radius 1 is 0.947 bits per heavy atom. The summed E-state index contributed by atoms with van der Waals surface area (Å²) in [6.45, 7) is 3.58. The van der Waals surface area contributed by atoms with Gasteiger partial charge in [0.25, 0.3) is 0 Å². The summed E-state index contributed by atoms with van der Waals surface area (Å²) in [4.78, 5) is 28.0. The fourth-order valence-electron chi connectivity index (χ4n) is 5.43. The number of hydrogen-bond donors (Lipinski definition) is 1. The van der Waals surface area contributed by atoms with Gasteiger partial charge in [0.1, 0.15) is 11.6 Å². The molecule has 2 fully saturated rings. The number of nitrogens with one attached hydrogen (secondary N) is 1. The Kier molecular flexibility index (Phi) is 7.04. The van der Waals surface area contributed by atoms with E-state index >= 15 is 0 Å². The molecule has 1 amide bonds. The molecule has 6 nitrogen and oxygen atoms in total. The van der Waals surface area contributed by atoms with Gasteiger partial charge in [0.2, 0.25) is 5.91 Å². The van der Waals surface area contributed by atoms with Gasteiger partial charge in [-0.15, -0.1) is 0 Å². The van der Waals surface area contributed by atoms with Crippen molar-refractivity contribution in [2.75, 3.05) is 37.6 Å². The number of likely N-dealkylation sites (tertiary alicyclic amines) is 1. The third-order valence-corrected chi connectivity index (χ3v) is 8.47. The number of amides is 1. The second-order valence-electron chi connectivity index (χ2n) is 9.87. The normalized spacial score (nSPS) is 20.4. The molecule has 4 aromatic rings. The quantitative estimate of drug-likeness (QED) is 0.381. The Balaban J connectivity index is 1.16. The summed E-state index contributed by atoms with van der Waals surface area (Å²) in [6, 6.07) is 20.9. The van der Waals surface area contributed by atoms with E-state index in [0.717, 1.165) is 28.3 Å². The third kappa shape index (κ3) is 5.26. The van der Waals surface area contributed by atoms with Gasteiger partial charge in [-0.1, -0.05) is 48.2 Å². The van der Waals surface area contributed by atoms with Crippen LogP contribution in [0.3, 0.4) is 0 Å². The summed E-state index contributed by atoms with van der Waals surface area (Å²) < 4.78 is 27.8. The van der Waals surface area contributed by atoms with Crippen LogP contribution in [0.15, 0.2) is 78.0 Å². The lowest BCUT2D eigenvalue weighted by Gasteiger charge is -2.38. The molecular formula is C29H29F2N5OS. The van der Waals surface area contributed by atoms with Crippen molar-refractivity contribution < 1.29 is 13.6 Å². The molecule has 0 radical (unpaired) electrons. The molecule has 2 aliphatic heterocycles. The number of para-hydroxylation sites is 3. The van der Waals surface area contributed by atoms with Crippen molar-refractivity contribution in [2.45, 2.75) is 29.4 Å². The van der Waals surface area contributed by atoms with E-state index in [9.17, 15) is 13.6 Å². The molecule has 38 heavy (non-hydrogen) atoms. The molecular weight excluding hydrogens is 504 g/mol. The first-order chi connectivity index (χ1) is 18.5. The highest BCUT2D eigenvalue weighted by Crippen LogP contribution is 2.34. The Hall–Kier alpha value is -3.43. The van der Waals surface area contributed by atoms with Crippen LogP contribution < -0.4 is 4.90 Å². The molecule has 0 saturated carbocycles. The van der Waals surface area contributed by atoms with Gasteiger partial charge in [0.15, 0.2) is 5.16 Å². The van der Waals surface area contributed by atoms with Crippen molar-refractivity contribution in [3.8, 4) is 0 Å². The Labute approximate surface area is 224 Å². The predicted molar refractivity (Wildman–Crippen MR) is 146 cm³/mol. The van der Waals surface area contributed by atoms with Crippen LogP contribution in [0.2, 0.25) is 0 Å². The van der Waals surface area contributed by atoms with Gasteiger partial charge in [0, 0.05) is 44.5 Å². The molecule has 3 heterocycles. The molecule has 6 rings (SSSR count). The molecule has 9 heteroatoms. The summed E-state index contributed by atoms with van der Waals surface area (Å²) in [7, 11) is 0. The Bertz CT molecular complexity index is 1390. The number of H-pyrrole nitrogens is 1. The number of thioether (sulfide) groups is 1. The van der Waals surface area contributed by atoms with E-state index in [1.165, 1.54) is 18.2 Å². The first-order valence-electron chi connectivity index (χ1n) is 12.9. The van der Waals surface area contributed by atoms with Crippen LogP contribution in [0.25, 0.3) is 11.0 Å². The van der Waals surface area contributed by atoms with Crippen LogP contribution in [-0.2, 0) is 11.3 Å². The zero-order valence-electron chi connectivity index (χ0n) is 20.9. The van der Waals surface area contributed by atoms with Gasteiger partial charge in [0.05, 0.1) is 22.8 Å². The van der Waals surface area contributed by atoms with Crippen molar-refractivity contribution in [2.24, 2.45) is 0 Å². The lowest BCUT2D eigenvalue weighted by molar-refractivity contribution is -0.136. The molecule has 0 spiro atoms. The zero-order chi connectivity index (χ0) is 26.1. The smallest absolute Gasteiger partial charge is 0.240 e. The number of rotatable bonds is 6. The number of fused-ring (bicyclic) bond motifs is 1. The van der Waals surface area contributed by atoms with E-state index < -0.39 is 0 Å². The van der Waals surface area contributed by atoms with Crippen molar-refractivity contribution in [3.63, 3.8) is 0 Å². The summed E-state index contributed by atoms with van der Waals surface area (Å²) in [6.07, 6.45) is 0.704. The van der Waals surface area contributed by atoms with Crippen LogP contribution in [0.1, 0.15) is 12.0 Å². The summed E-state index contributed by atoms with van der Waals surface area (Å²) in [5.74, 6) is -0.402. The monoisotopic (exact) mass is 533 g/mol. The highest BCUT2D eigenvalue weighted by Gasteiger charge is 2.40. The van der Waals surface area contributed by atoms with E-state index in [0.29, 0.717) is 44.8 Å². The second kappa shape index (κ2) is 10.7. The molecule has 2 aliphatic rings. The van der Waals surface area contributed by atoms with Crippen LogP contribution >= 0.6 is 11.8 Å². The van der Waals surface area contributed by atoms with Crippen LogP contribution in [0.4, 0.5) is 14.5 Å². The summed E-state index contributed by atoms with van der Waals surface area (Å²) in [5.41, 5.74) is 3.48. The van der Waals surface area contributed by atoms with Crippen LogP contribution in [0, 0.1) is 11.6 Å². The van der Waals surface area contributed by atoms with Gasteiger partial charge in [-0.25, -0.2) is 13.8 Å². The number of anilines is 1. The molecule has 0 bridgehead atoms. The Morgan fingerprint density at radius 3 is 2.45 bits per heavy atom. The average Bonchev–Trinajstić information content (AvgIpc) is 3.53. The lowest BCUT2D eigenvalue weighted by Crippen LogP contribution is -2.53. The molecule has 2 saturated heterocycles. The van der Waals surface area contributed by atoms with Gasteiger partial charge in [-0.2, -0.15) is 0 Å². The fraction of sp³-hybridized carbons (Fsp3) is 0.310. The van der Waals surface area contributed by atoms with Crippen LogP contribution in [0.5, 0.6) is 0 Å². The van der Waals surface area contributed by atoms with Gasteiger partial charge >= 0.3 is 0 Å². The van der Waals surface area contributed by atoms with Gasteiger partial charge < -0.3 is 14.8 Å². The third-order valence-electron chi connectivity index (χ3n) is 7.38. The summed E-state index contributed by atoms with van der Waals surface area (Å²) >= 11 is 1.67. The number of nitrogens with zero attached hydrogens (tertiary/aromatic N) is 4. The lowest BCUT2D eigenvalue weighted by atomic mass is 10.1. The van der Waals surface area contributed by atoms with Crippen molar-refractivity contribution in [1.29, 1.82) is 0 Å². The second-order valence-corrected chi connectivity index (χ2v) is 11.2. The minimum absolute atomic E-state index is 0.105. The van der Waals surface area contributed by atoms with E-state index in [2.05, 4.69) is 9.88 Å². The zero-order valence-corrected chi connectivity index (χ0v) is 21.7. The average molecular weight is 534 g/mol. The van der Waals surface area contributed by atoms with E-state index in [1.807, 2.05) is 40.1 Å². The Morgan fingerprint density at radius 2 is 1.68 bits per heavy atom. The number of benzene rings is 3. The van der Waals surface area contributed by atoms with Crippen molar-refractivity contribution in [3.05, 3.63) is 90.0 Å². The first kappa shape index (κ1) is 24.9. The maximum atomic E-state index is 14.3. The van der Waals surface area contributed by atoms with Crippen molar-refractivity contribution in [1.82, 2.24) is 19.8 Å². The number of imidazole rings is 1.